The van der Waals surface area contributed by atoms with E-state index in [1.165, 1.54) is 7.11 Å². The van der Waals surface area contributed by atoms with Gasteiger partial charge in [0.25, 0.3) is 0 Å². The normalized spacial score (nSPS) is 37.2. The number of hydrogen-bond donors (Lipinski definition) is 1. The zero-order valence-electron chi connectivity index (χ0n) is 20.1. The van der Waals surface area contributed by atoms with E-state index in [2.05, 4.69) is 11.6 Å². The first-order valence-electron chi connectivity index (χ1n) is 12.2. The van der Waals surface area contributed by atoms with Crippen molar-refractivity contribution in [1.29, 1.82) is 0 Å². The van der Waals surface area contributed by atoms with Gasteiger partial charge in [-0.15, -0.1) is 0 Å². The first-order valence-corrected chi connectivity index (χ1v) is 13.8. The summed E-state index contributed by atoms with van der Waals surface area (Å²) in [5.74, 6) is -0.690. The number of sulfonamides is 1. The molecular weight excluding hydrogens is 457 g/mol. The van der Waals surface area contributed by atoms with Gasteiger partial charge in [0, 0.05) is 12.6 Å². The van der Waals surface area contributed by atoms with Crippen LogP contribution >= 0.6 is 0 Å². The monoisotopic (exact) mass is 496 g/mol. The van der Waals surface area contributed by atoms with Crippen LogP contribution in [-0.4, -0.2) is 63.0 Å². The number of ether oxygens (including phenoxy) is 1. The van der Waals surface area contributed by atoms with Crippen LogP contribution in [0.3, 0.4) is 0 Å². The number of halogens is 3. The summed E-state index contributed by atoms with van der Waals surface area (Å²) in [6.07, 6.45) is 0.283. The smallest absolute Gasteiger partial charge is 0.406 e. The molecule has 6 atom stereocenters. The second-order valence-electron chi connectivity index (χ2n) is 10.7. The SMILES string of the molecule is COC(=O)C1CCCC2C1CCCN2CC(NS(=O)(=O)C1C(C)CC(C)CC1C)C(F)(F)F. The second kappa shape index (κ2) is 10.4. The number of methoxy groups -OCH3 is 1. The molecule has 0 bridgehead atoms. The van der Waals surface area contributed by atoms with Gasteiger partial charge in [-0.25, -0.2) is 13.1 Å². The third kappa shape index (κ3) is 6.04. The van der Waals surface area contributed by atoms with Crippen molar-refractivity contribution in [1.82, 2.24) is 9.62 Å². The Morgan fingerprint density at radius 3 is 2.30 bits per heavy atom. The Kier molecular flexibility index (Phi) is 8.42. The molecule has 0 spiro atoms. The fourth-order valence-corrected chi connectivity index (χ4v) is 9.19. The molecule has 2 aliphatic carbocycles. The van der Waals surface area contributed by atoms with E-state index in [1.807, 2.05) is 13.8 Å². The third-order valence-electron chi connectivity index (χ3n) is 8.13. The number of nitrogens with one attached hydrogen (secondary N) is 1. The van der Waals surface area contributed by atoms with Gasteiger partial charge in [0.2, 0.25) is 10.0 Å². The van der Waals surface area contributed by atoms with Crippen molar-refractivity contribution in [3.63, 3.8) is 0 Å². The van der Waals surface area contributed by atoms with E-state index in [0.717, 1.165) is 12.8 Å². The molecule has 2 saturated carbocycles. The fraction of sp³-hybridized carbons (Fsp3) is 0.957. The Morgan fingerprint density at radius 1 is 1.09 bits per heavy atom. The van der Waals surface area contributed by atoms with Crippen LogP contribution in [0.4, 0.5) is 13.2 Å². The molecule has 0 amide bonds. The van der Waals surface area contributed by atoms with Crippen molar-refractivity contribution in [2.24, 2.45) is 29.6 Å². The van der Waals surface area contributed by atoms with Crippen LogP contribution in [0.15, 0.2) is 0 Å². The summed E-state index contributed by atoms with van der Waals surface area (Å²) >= 11 is 0. The van der Waals surface area contributed by atoms with Gasteiger partial charge < -0.3 is 4.74 Å². The number of likely N-dealkylation sites (tertiary alicyclic amines) is 1. The topological polar surface area (TPSA) is 75.7 Å². The summed E-state index contributed by atoms with van der Waals surface area (Å²) < 4.78 is 75.6. The molecule has 0 aromatic rings. The van der Waals surface area contributed by atoms with E-state index >= 15 is 0 Å². The van der Waals surface area contributed by atoms with Crippen molar-refractivity contribution in [2.45, 2.75) is 89.2 Å². The first kappa shape index (κ1) is 26.7. The maximum absolute atomic E-state index is 14.1. The van der Waals surface area contributed by atoms with Crippen LogP contribution in [0.2, 0.25) is 0 Å². The van der Waals surface area contributed by atoms with Crippen molar-refractivity contribution in [2.75, 3.05) is 20.2 Å². The van der Waals surface area contributed by atoms with Crippen LogP contribution in [0.5, 0.6) is 0 Å². The zero-order chi connectivity index (χ0) is 24.6. The van der Waals surface area contributed by atoms with Crippen LogP contribution in [0.25, 0.3) is 0 Å². The maximum Gasteiger partial charge on any atom is 0.406 e. The summed E-state index contributed by atoms with van der Waals surface area (Å²) in [6.45, 7) is 5.74. The number of rotatable bonds is 6. The summed E-state index contributed by atoms with van der Waals surface area (Å²) in [5, 5.41) is -0.828. The predicted octanol–water partition coefficient (Wildman–Crippen LogP) is 3.96. The molecule has 3 fully saturated rings. The lowest BCUT2D eigenvalue weighted by Crippen LogP contribution is -2.60. The summed E-state index contributed by atoms with van der Waals surface area (Å²) in [7, 11) is -2.82. The lowest BCUT2D eigenvalue weighted by Gasteiger charge is -2.48. The van der Waals surface area contributed by atoms with Gasteiger partial charge in [-0.2, -0.15) is 13.2 Å². The fourth-order valence-electron chi connectivity index (χ4n) is 6.98. The molecule has 1 aliphatic heterocycles. The second-order valence-corrected chi connectivity index (χ2v) is 12.6. The van der Waals surface area contributed by atoms with Gasteiger partial charge in [0.1, 0.15) is 6.04 Å². The number of fused-ring (bicyclic) bond motifs is 1. The highest BCUT2D eigenvalue weighted by Crippen LogP contribution is 2.41. The molecule has 6 unspecified atom stereocenters. The van der Waals surface area contributed by atoms with Gasteiger partial charge >= 0.3 is 12.1 Å². The highest BCUT2D eigenvalue weighted by molar-refractivity contribution is 7.90. The van der Waals surface area contributed by atoms with Gasteiger partial charge in [-0.1, -0.05) is 27.2 Å². The number of esters is 1. The Morgan fingerprint density at radius 2 is 1.73 bits per heavy atom. The molecule has 1 saturated heterocycles. The third-order valence-corrected chi connectivity index (χ3v) is 10.4. The van der Waals surface area contributed by atoms with Crippen molar-refractivity contribution in [3.8, 4) is 0 Å². The lowest BCUT2D eigenvalue weighted by atomic mass is 9.71. The van der Waals surface area contributed by atoms with E-state index < -0.39 is 34.0 Å². The number of alkyl halides is 3. The largest absolute Gasteiger partial charge is 0.469 e. The molecule has 10 heteroatoms. The van der Waals surface area contributed by atoms with Gasteiger partial charge in [-0.05, 0) is 68.7 Å². The standard InChI is InChI=1S/C23H39F3N2O4S/c1-14-11-15(2)21(16(3)12-14)33(30,31)27-20(23(24,25)26)13-28-10-6-8-17-18(22(29)32-4)7-5-9-19(17)28/h14-21,27H,5-13H2,1-4H3. The Balaban J connectivity index is 1.78. The molecule has 0 aromatic heterocycles. The molecular formula is C23H39F3N2O4S. The quantitative estimate of drug-likeness (QED) is 0.564. The Labute approximate surface area is 196 Å². The first-order chi connectivity index (χ1) is 15.3. The molecule has 1 heterocycles. The average Bonchev–Trinajstić information content (AvgIpc) is 2.70. The summed E-state index contributed by atoms with van der Waals surface area (Å²) in [4.78, 5) is 14.0. The van der Waals surface area contributed by atoms with Crippen LogP contribution in [0, 0.1) is 29.6 Å². The number of nitrogens with zero attached hydrogens (tertiary/aromatic N) is 1. The number of carbonyl (C=O) groups is 1. The Bertz CT molecular complexity index is 779. The van der Waals surface area contributed by atoms with E-state index in [9.17, 15) is 26.4 Å². The minimum absolute atomic E-state index is 0.0506. The number of carbonyl (C=O) groups excluding carboxylic acids is 1. The van der Waals surface area contributed by atoms with Crippen molar-refractivity contribution >= 4 is 16.0 Å². The number of piperidine rings is 1. The van der Waals surface area contributed by atoms with E-state index in [1.54, 1.807) is 4.90 Å². The van der Waals surface area contributed by atoms with Crippen LogP contribution < -0.4 is 4.72 Å². The van der Waals surface area contributed by atoms with Gasteiger partial charge in [-0.3, -0.25) is 9.69 Å². The molecule has 0 radical (unpaired) electrons. The zero-order valence-corrected chi connectivity index (χ0v) is 20.9. The van der Waals surface area contributed by atoms with E-state index in [-0.39, 0.29) is 35.7 Å². The highest BCUT2D eigenvalue weighted by Gasteiger charge is 2.49. The molecule has 192 valence electrons. The van der Waals surface area contributed by atoms with Crippen LogP contribution in [-0.2, 0) is 19.6 Å². The molecule has 3 aliphatic rings. The Hall–Kier alpha value is -0.870. The summed E-state index contributed by atoms with van der Waals surface area (Å²) in [6, 6.07) is -2.34. The molecule has 3 rings (SSSR count). The lowest BCUT2D eigenvalue weighted by molar-refractivity contribution is -0.162. The summed E-state index contributed by atoms with van der Waals surface area (Å²) in [5.41, 5.74) is 0. The molecule has 6 nitrogen and oxygen atoms in total. The highest BCUT2D eigenvalue weighted by atomic mass is 32.2. The molecule has 0 aromatic carbocycles. The molecule has 1 N–H and O–H groups in total. The van der Waals surface area contributed by atoms with Crippen molar-refractivity contribution < 1.29 is 31.1 Å². The van der Waals surface area contributed by atoms with E-state index in [4.69, 9.17) is 4.74 Å². The minimum atomic E-state index is -4.70. The van der Waals surface area contributed by atoms with E-state index in [0.29, 0.717) is 44.6 Å². The van der Waals surface area contributed by atoms with Gasteiger partial charge in [0.15, 0.2) is 0 Å². The molecule has 33 heavy (non-hydrogen) atoms. The maximum atomic E-state index is 14.1. The average molecular weight is 497 g/mol. The minimum Gasteiger partial charge on any atom is -0.469 e. The number of hydrogen-bond acceptors (Lipinski definition) is 5. The van der Waals surface area contributed by atoms with Crippen LogP contribution in [0.1, 0.15) is 65.7 Å². The van der Waals surface area contributed by atoms with Gasteiger partial charge in [0.05, 0.1) is 18.3 Å². The predicted molar refractivity (Wildman–Crippen MR) is 120 cm³/mol. The van der Waals surface area contributed by atoms with Crippen molar-refractivity contribution in [3.05, 3.63) is 0 Å².